The first-order valence-electron chi connectivity index (χ1n) is 8.25. The molecule has 1 aliphatic rings. The first-order valence-corrected chi connectivity index (χ1v) is 9.04. The van der Waals surface area contributed by atoms with Crippen molar-refractivity contribution in [2.75, 3.05) is 12.4 Å². The third kappa shape index (κ3) is 4.11. The van der Waals surface area contributed by atoms with Crippen molar-refractivity contribution in [1.29, 1.82) is 0 Å². The van der Waals surface area contributed by atoms with Gasteiger partial charge in [-0.1, -0.05) is 15.9 Å². The number of carbonyl (C=O) groups is 1. The van der Waals surface area contributed by atoms with Crippen molar-refractivity contribution in [3.63, 3.8) is 0 Å². The van der Waals surface area contributed by atoms with Gasteiger partial charge in [0.25, 0.3) is 5.91 Å². The van der Waals surface area contributed by atoms with Crippen molar-refractivity contribution in [2.45, 2.75) is 38.2 Å². The highest BCUT2D eigenvalue weighted by molar-refractivity contribution is 9.10. The maximum Gasteiger partial charge on any atom is 0.435 e. The number of alkyl halides is 3. The Morgan fingerprint density at radius 3 is 2.59 bits per heavy atom. The summed E-state index contributed by atoms with van der Waals surface area (Å²) in [6, 6.07) is 3.99. The van der Waals surface area contributed by atoms with E-state index in [-0.39, 0.29) is 23.2 Å². The van der Waals surface area contributed by atoms with Crippen molar-refractivity contribution in [3.05, 3.63) is 45.2 Å². The van der Waals surface area contributed by atoms with E-state index in [1.54, 1.807) is 19.1 Å². The van der Waals surface area contributed by atoms with Gasteiger partial charge in [-0.3, -0.25) is 9.48 Å². The average molecular weight is 447 g/mol. The molecule has 3 rings (SSSR count). The molecule has 0 bridgehead atoms. The number of anilines is 1. The third-order valence-electron chi connectivity index (χ3n) is 4.28. The summed E-state index contributed by atoms with van der Waals surface area (Å²) in [5.74, 6) is -0.388. The summed E-state index contributed by atoms with van der Waals surface area (Å²) in [6.45, 7) is 1.73. The first-order chi connectivity index (χ1) is 12.6. The molecule has 10 heteroatoms. The molecule has 1 amide bonds. The topological polar surface area (TPSA) is 79.2 Å². The summed E-state index contributed by atoms with van der Waals surface area (Å²) < 4.78 is 41.0. The fourth-order valence-electron chi connectivity index (χ4n) is 2.82. The fraction of sp³-hybridized carbons (Fsp3) is 0.412. The van der Waals surface area contributed by atoms with E-state index in [1.807, 2.05) is 0 Å². The van der Waals surface area contributed by atoms with Crippen molar-refractivity contribution < 1.29 is 23.1 Å². The maximum atomic E-state index is 13.0. The number of rotatable bonds is 5. The molecule has 2 aromatic rings. The summed E-state index contributed by atoms with van der Waals surface area (Å²) in [5, 5.41) is 19.5. The Bertz CT molecular complexity index is 878. The summed E-state index contributed by atoms with van der Waals surface area (Å²) in [4.78, 5) is 12.2. The molecule has 1 aromatic carbocycles. The minimum Gasteiger partial charge on any atom is -0.368 e. The lowest BCUT2D eigenvalue weighted by molar-refractivity contribution is -0.141. The van der Waals surface area contributed by atoms with Crippen LogP contribution in [0.3, 0.4) is 0 Å². The van der Waals surface area contributed by atoms with Gasteiger partial charge in [0.15, 0.2) is 11.9 Å². The molecule has 1 heterocycles. The number of aliphatic hydroxyl groups excluding tert-OH is 1. The molecule has 1 aromatic heterocycles. The molecule has 1 saturated carbocycles. The zero-order chi connectivity index (χ0) is 19.9. The second kappa shape index (κ2) is 7.16. The molecule has 27 heavy (non-hydrogen) atoms. The van der Waals surface area contributed by atoms with Gasteiger partial charge in [-0.25, -0.2) is 0 Å². The molecule has 1 unspecified atom stereocenters. The summed E-state index contributed by atoms with van der Waals surface area (Å²) >= 11 is 3.31. The van der Waals surface area contributed by atoms with E-state index in [1.165, 1.54) is 11.7 Å². The maximum absolute atomic E-state index is 13.0. The lowest BCUT2D eigenvalue weighted by Crippen LogP contribution is -2.22. The van der Waals surface area contributed by atoms with E-state index in [0.717, 1.165) is 6.07 Å². The number of aliphatic hydroxyl groups is 1. The number of benzene rings is 1. The predicted octanol–water partition coefficient (Wildman–Crippen LogP) is 3.77. The Labute approximate surface area is 161 Å². The van der Waals surface area contributed by atoms with Crippen LogP contribution in [0.25, 0.3) is 0 Å². The number of aromatic nitrogens is 2. The number of hydrogen-bond acceptors (Lipinski definition) is 4. The number of hydrogen-bond donors (Lipinski definition) is 3. The molecular weight excluding hydrogens is 429 g/mol. The van der Waals surface area contributed by atoms with Crippen LogP contribution in [0.2, 0.25) is 0 Å². The van der Waals surface area contributed by atoms with Crippen LogP contribution in [0.15, 0.2) is 22.7 Å². The molecule has 0 radical (unpaired) electrons. The molecule has 0 spiro atoms. The van der Waals surface area contributed by atoms with E-state index in [2.05, 4.69) is 31.7 Å². The van der Waals surface area contributed by atoms with Gasteiger partial charge in [0.2, 0.25) is 0 Å². The smallest absolute Gasteiger partial charge is 0.368 e. The van der Waals surface area contributed by atoms with Crippen LogP contribution in [-0.2, 0) is 6.18 Å². The summed E-state index contributed by atoms with van der Waals surface area (Å²) in [7, 11) is 1.47. The Kier molecular flexibility index (Phi) is 5.22. The van der Waals surface area contributed by atoms with Gasteiger partial charge in [0.1, 0.15) is 0 Å². The molecule has 0 aliphatic heterocycles. The van der Waals surface area contributed by atoms with E-state index >= 15 is 0 Å². The fourth-order valence-corrected chi connectivity index (χ4v) is 3.39. The van der Waals surface area contributed by atoms with Crippen molar-refractivity contribution in [2.24, 2.45) is 0 Å². The Morgan fingerprint density at radius 2 is 2.04 bits per heavy atom. The highest BCUT2D eigenvalue weighted by Crippen LogP contribution is 2.40. The number of amides is 1. The highest BCUT2D eigenvalue weighted by atomic mass is 79.9. The quantitative estimate of drug-likeness (QED) is 0.610. The molecule has 1 atom stereocenters. The average Bonchev–Trinajstić information content (AvgIpc) is 3.32. The Morgan fingerprint density at radius 1 is 1.37 bits per heavy atom. The molecule has 1 fully saturated rings. The highest BCUT2D eigenvalue weighted by Gasteiger charge is 2.38. The van der Waals surface area contributed by atoms with E-state index in [9.17, 15) is 23.1 Å². The van der Waals surface area contributed by atoms with Crippen LogP contribution in [0.5, 0.6) is 0 Å². The largest absolute Gasteiger partial charge is 0.435 e. The molecule has 146 valence electrons. The Hall–Kier alpha value is -2.07. The van der Waals surface area contributed by atoms with Crippen LogP contribution < -0.4 is 10.6 Å². The minimum atomic E-state index is -4.60. The zero-order valence-electron chi connectivity index (χ0n) is 14.6. The number of nitrogens with one attached hydrogen (secondary N) is 2. The Balaban J connectivity index is 1.98. The molecule has 6 nitrogen and oxygen atoms in total. The van der Waals surface area contributed by atoms with Gasteiger partial charge in [-0.05, 0) is 43.5 Å². The van der Waals surface area contributed by atoms with E-state index in [4.69, 9.17) is 0 Å². The summed E-state index contributed by atoms with van der Waals surface area (Å²) in [6.07, 6.45) is -4.65. The first kappa shape index (κ1) is 19.7. The SMILES string of the molecule is CNC(=O)c1cc(Br)cc(C)c1NC(O)c1cc(C(F)(F)F)nn1C1CC1. The van der Waals surface area contributed by atoms with Crippen molar-refractivity contribution in [1.82, 2.24) is 15.1 Å². The number of carbonyl (C=O) groups excluding carboxylic acids is 1. The lowest BCUT2D eigenvalue weighted by atomic mass is 10.1. The van der Waals surface area contributed by atoms with Gasteiger partial charge in [0.05, 0.1) is 23.0 Å². The molecular formula is C17H18BrF3N4O2. The predicted molar refractivity (Wildman–Crippen MR) is 96.4 cm³/mol. The zero-order valence-corrected chi connectivity index (χ0v) is 16.1. The third-order valence-corrected chi connectivity index (χ3v) is 4.74. The van der Waals surface area contributed by atoms with Gasteiger partial charge < -0.3 is 15.7 Å². The molecule has 1 aliphatic carbocycles. The van der Waals surface area contributed by atoms with Gasteiger partial charge in [-0.15, -0.1) is 0 Å². The van der Waals surface area contributed by atoms with Crippen LogP contribution in [-0.4, -0.2) is 27.8 Å². The van der Waals surface area contributed by atoms with Gasteiger partial charge >= 0.3 is 6.18 Å². The van der Waals surface area contributed by atoms with Crippen LogP contribution in [0, 0.1) is 6.92 Å². The number of nitrogens with zero attached hydrogens (tertiary/aromatic N) is 2. The summed E-state index contributed by atoms with van der Waals surface area (Å²) in [5.41, 5.74) is 0.203. The van der Waals surface area contributed by atoms with E-state index in [0.29, 0.717) is 28.6 Å². The minimum absolute atomic E-state index is 0.00926. The van der Waals surface area contributed by atoms with Crippen LogP contribution in [0.1, 0.15) is 52.4 Å². The van der Waals surface area contributed by atoms with Gasteiger partial charge in [-0.2, -0.15) is 18.3 Å². The standard InChI is InChI=1S/C17H18BrF3N4O2/c1-8-5-9(18)6-11(15(26)22-2)14(8)23-16(27)12-7-13(17(19,20)21)24-25(12)10-3-4-10/h5-7,10,16,23,27H,3-4H2,1-2H3,(H,22,26). The monoisotopic (exact) mass is 446 g/mol. The molecule has 0 saturated heterocycles. The van der Waals surface area contributed by atoms with E-state index < -0.39 is 18.1 Å². The van der Waals surface area contributed by atoms with Gasteiger partial charge in [0, 0.05) is 11.5 Å². The second-order valence-corrected chi connectivity index (χ2v) is 7.31. The van der Waals surface area contributed by atoms with Crippen LogP contribution in [0.4, 0.5) is 18.9 Å². The number of halogens is 4. The second-order valence-electron chi connectivity index (χ2n) is 6.40. The normalized spacial score (nSPS) is 15.5. The van der Waals surface area contributed by atoms with Crippen molar-refractivity contribution >= 4 is 27.5 Å². The number of aryl methyl sites for hydroxylation is 1. The lowest BCUT2D eigenvalue weighted by Gasteiger charge is -2.20. The van der Waals surface area contributed by atoms with Crippen molar-refractivity contribution in [3.8, 4) is 0 Å². The molecule has 3 N–H and O–H groups in total. The van der Waals surface area contributed by atoms with Crippen LogP contribution >= 0.6 is 15.9 Å².